The predicted molar refractivity (Wildman–Crippen MR) is 72.3 cm³/mol. The van der Waals surface area contributed by atoms with Crippen LogP contribution in [0.2, 0.25) is 0 Å². The summed E-state index contributed by atoms with van der Waals surface area (Å²) in [5.74, 6) is -1.61. The molecule has 1 amide bonds. The number of rotatable bonds is 3. The molecule has 2 N–H and O–H groups in total. The molecule has 6 heteroatoms. The molecule has 2 rings (SSSR count). The van der Waals surface area contributed by atoms with E-state index in [4.69, 9.17) is 5.73 Å². The van der Waals surface area contributed by atoms with Crippen LogP contribution < -0.4 is 5.73 Å². The molecule has 0 saturated carbocycles. The smallest absolute Gasteiger partial charge is 0.249 e. The average molecular weight is 292 g/mol. The van der Waals surface area contributed by atoms with Crippen LogP contribution in [0.3, 0.4) is 0 Å². The molecule has 0 aromatic heterocycles. The van der Waals surface area contributed by atoms with Crippen molar-refractivity contribution in [3.63, 3.8) is 0 Å². The lowest BCUT2D eigenvalue weighted by molar-refractivity contribution is 0.0999. The molecule has 1 radical (unpaired) electrons. The van der Waals surface area contributed by atoms with Gasteiger partial charge in [0, 0.05) is 17.9 Å². The van der Waals surface area contributed by atoms with Gasteiger partial charge in [0.15, 0.2) is 9.84 Å². The molecule has 103 valence electrons. The van der Waals surface area contributed by atoms with Gasteiger partial charge in [-0.05, 0) is 23.8 Å². The van der Waals surface area contributed by atoms with Crippen molar-refractivity contribution in [3.8, 4) is 11.1 Å². The Labute approximate surface area is 116 Å². The zero-order valence-electron chi connectivity index (χ0n) is 10.6. The number of carbonyl (C=O) groups is 1. The number of benzene rings is 2. The van der Waals surface area contributed by atoms with Gasteiger partial charge in [-0.25, -0.2) is 12.8 Å². The Morgan fingerprint density at radius 1 is 1.25 bits per heavy atom. The Morgan fingerprint density at radius 2 is 1.90 bits per heavy atom. The molecule has 2 aromatic carbocycles. The Hall–Kier alpha value is -2.21. The van der Waals surface area contributed by atoms with Crippen LogP contribution in [0.25, 0.3) is 11.1 Å². The van der Waals surface area contributed by atoms with Crippen LogP contribution in [0.1, 0.15) is 10.4 Å². The first-order chi connectivity index (χ1) is 9.29. The minimum atomic E-state index is -3.48. The number of carbonyl (C=O) groups excluding carboxylic acids is 1. The van der Waals surface area contributed by atoms with Gasteiger partial charge in [0.25, 0.3) is 0 Å². The Balaban J connectivity index is 2.73. The number of hydrogen-bond acceptors (Lipinski definition) is 3. The van der Waals surface area contributed by atoms with Crippen molar-refractivity contribution < 1.29 is 17.6 Å². The van der Waals surface area contributed by atoms with E-state index in [1.165, 1.54) is 18.2 Å². The largest absolute Gasteiger partial charge is 0.366 e. The molecule has 2 aromatic rings. The number of amides is 1. The summed E-state index contributed by atoms with van der Waals surface area (Å²) in [5, 5.41) is 0. The predicted octanol–water partition coefficient (Wildman–Crippen LogP) is 1.80. The molecule has 0 fully saturated rings. The maximum atomic E-state index is 13.5. The highest BCUT2D eigenvalue weighted by Gasteiger charge is 2.16. The Bertz CT molecular complexity index is 785. The first-order valence-electron chi connectivity index (χ1n) is 5.61. The van der Waals surface area contributed by atoms with E-state index >= 15 is 0 Å². The molecule has 0 atom stereocenters. The maximum Gasteiger partial charge on any atom is 0.249 e. The highest BCUT2D eigenvalue weighted by Crippen LogP contribution is 2.28. The first-order valence-corrected chi connectivity index (χ1v) is 7.50. The molecule has 0 bridgehead atoms. The van der Waals surface area contributed by atoms with E-state index in [9.17, 15) is 17.6 Å². The van der Waals surface area contributed by atoms with Crippen molar-refractivity contribution >= 4 is 15.7 Å². The lowest BCUT2D eigenvalue weighted by Gasteiger charge is -2.09. The fourth-order valence-electron chi connectivity index (χ4n) is 1.85. The number of hydrogen-bond donors (Lipinski definition) is 1. The van der Waals surface area contributed by atoms with Gasteiger partial charge in [-0.3, -0.25) is 4.79 Å². The molecule has 20 heavy (non-hydrogen) atoms. The molecule has 0 unspecified atom stereocenters. The van der Waals surface area contributed by atoms with Crippen molar-refractivity contribution in [1.82, 2.24) is 0 Å². The quantitative estimate of drug-likeness (QED) is 0.937. The fraction of sp³-hybridized carbons (Fsp3) is 0.0714. The second-order valence-electron chi connectivity index (χ2n) is 4.26. The van der Waals surface area contributed by atoms with E-state index < -0.39 is 21.6 Å². The lowest BCUT2D eigenvalue weighted by atomic mass is 10.0. The number of halogens is 1. The normalized spacial score (nSPS) is 11.3. The van der Waals surface area contributed by atoms with E-state index in [0.717, 1.165) is 12.3 Å². The van der Waals surface area contributed by atoms with Gasteiger partial charge in [-0.2, -0.15) is 0 Å². The van der Waals surface area contributed by atoms with Crippen LogP contribution in [0.15, 0.2) is 41.3 Å². The van der Waals surface area contributed by atoms with Crippen molar-refractivity contribution in [1.29, 1.82) is 0 Å². The van der Waals surface area contributed by atoms with Gasteiger partial charge in [0.1, 0.15) is 5.82 Å². The van der Waals surface area contributed by atoms with Gasteiger partial charge < -0.3 is 5.73 Å². The van der Waals surface area contributed by atoms with E-state index in [2.05, 4.69) is 6.07 Å². The third-order valence-electron chi connectivity index (χ3n) is 2.70. The highest BCUT2D eigenvalue weighted by molar-refractivity contribution is 7.90. The molecule has 0 aliphatic heterocycles. The SMILES string of the molecule is CS(=O)(=O)c1ccccc1-c1cc(F)[c]c(C(N)=O)c1. The lowest BCUT2D eigenvalue weighted by Crippen LogP contribution is -2.11. The molecule has 4 nitrogen and oxygen atoms in total. The van der Waals surface area contributed by atoms with E-state index in [1.54, 1.807) is 12.1 Å². The number of primary amides is 1. The van der Waals surface area contributed by atoms with Crippen LogP contribution in [-0.4, -0.2) is 20.6 Å². The molecule has 0 heterocycles. The molecular weight excluding hydrogens is 281 g/mol. The summed E-state index contributed by atoms with van der Waals surface area (Å²) >= 11 is 0. The summed E-state index contributed by atoms with van der Waals surface area (Å²) in [5.41, 5.74) is 5.53. The minimum Gasteiger partial charge on any atom is -0.366 e. The van der Waals surface area contributed by atoms with E-state index in [-0.39, 0.29) is 16.0 Å². The van der Waals surface area contributed by atoms with Crippen molar-refractivity contribution in [3.05, 3.63) is 53.8 Å². The van der Waals surface area contributed by atoms with Crippen LogP contribution in [0, 0.1) is 11.9 Å². The van der Waals surface area contributed by atoms with Crippen molar-refractivity contribution in [2.75, 3.05) is 6.26 Å². The van der Waals surface area contributed by atoms with Gasteiger partial charge in [-0.1, -0.05) is 18.2 Å². The molecular formula is C14H11FNO3S. The first kappa shape index (κ1) is 14.2. The topological polar surface area (TPSA) is 77.2 Å². The van der Waals surface area contributed by atoms with Gasteiger partial charge in [0.05, 0.1) is 10.5 Å². The van der Waals surface area contributed by atoms with Gasteiger partial charge in [0.2, 0.25) is 5.91 Å². The van der Waals surface area contributed by atoms with Crippen LogP contribution in [0.4, 0.5) is 4.39 Å². The fourth-order valence-corrected chi connectivity index (χ4v) is 2.76. The summed E-state index contributed by atoms with van der Waals surface area (Å²) in [6, 6.07) is 10.8. The summed E-state index contributed by atoms with van der Waals surface area (Å²) in [6.07, 6.45) is 1.06. The molecule has 0 aliphatic rings. The summed E-state index contributed by atoms with van der Waals surface area (Å²) in [7, 11) is -3.48. The number of nitrogens with two attached hydrogens (primary N) is 1. The van der Waals surface area contributed by atoms with Gasteiger partial charge >= 0.3 is 0 Å². The molecule has 0 spiro atoms. The van der Waals surface area contributed by atoms with E-state index in [1.807, 2.05) is 0 Å². The maximum absolute atomic E-state index is 13.5. The summed E-state index contributed by atoms with van der Waals surface area (Å²) in [6.45, 7) is 0. The second kappa shape index (κ2) is 5.05. The zero-order chi connectivity index (χ0) is 14.9. The van der Waals surface area contributed by atoms with Crippen LogP contribution >= 0.6 is 0 Å². The number of sulfone groups is 1. The van der Waals surface area contributed by atoms with Crippen molar-refractivity contribution in [2.45, 2.75) is 4.90 Å². The molecule has 0 aliphatic carbocycles. The monoisotopic (exact) mass is 292 g/mol. The third-order valence-corrected chi connectivity index (χ3v) is 3.85. The summed E-state index contributed by atoms with van der Waals surface area (Å²) in [4.78, 5) is 11.2. The standard InChI is InChI=1S/C14H11FNO3S/c1-20(18,19)13-5-3-2-4-12(13)9-6-10(14(16)17)8-11(15)7-9/h2-7H,1H3,(H2,16,17). The Morgan fingerprint density at radius 3 is 2.50 bits per heavy atom. The van der Waals surface area contributed by atoms with Crippen LogP contribution in [0.5, 0.6) is 0 Å². The van der Waals surface area contributed by atoms with E-state index in [0.29, 0.717) is 5.56 Å². The van der Waals surface area contributed by atoms with Gasteiger partial charge in [-0.15, -0.1) is 0 Å². The third kappa shape index (κ3) is 2.85. The Kier molecular flexibility index (Phi) is 3.59. The highest BCUT2D eigenvalue weighted by atomic mass is 32.2. The second-order valence-corrected chi connectivity index (χ2v) is 6.25. The molecule has 0 saturated heterocycles. The van der Waals surface area contributed by atoms with Crippen LogP contribution in [-0.2, 0) is 9.84 Å². The zero-order valence-corrected chi connectivity index (χ0v) is 11.4. The van der Waals surface area contributed by atoms with Crippen molar-refractivity contribution in [2.24, 2.45) is 5.73 Å². The minimum absolute atomic E-state index is 0.0565. The average Bonchev–Trinajstić information content (AvgIpc) is 2.37. The summed E-state index contributed by atoms with van der Waals surface area (Å²) < 4.78 is 37.0.